The third-order valence-electron chi connectivity index (χ3n) is 5.36. The molecule has 2 N–H and O–H groups in total. The van der Waals surface area contributed by atoms with Crippen molar-refractivity contribution in [3.8, 4) is 0 Å². The molecular formula is C23H24ClN5O3S2. The number of amides is 3. The molecule has 0 fully saturated rings. The number of likely N-dealkylation sites (N-methyl/N-ethyl adjacent to an activating group) is 1. The number of carbonyl (C=O) groups excluding carboxylic acids is 3. The minimum Gasteiger partial charge on any atom is -0.347 e. The van der Waals surface area contributed by atoms with Crippen LogP contribution >= 0.6 is 34.3 Å². The minimum absolute atomic E-state index is 0.166. The van der Waals surface area contributed by atoms with Gasteiger partial charge in [0.1, 0.15) is 0 Å². The van der Waals surface area contributed by atoms with E-state index in [0.717, 1.165) is 30.1 Å². The van der Waals surface area contributed by atoms with Crippen molar-refractivity contribution in [1.29, 1.82) is 0 Å². The topological polar surface area (TPSA) is 94.6 Å². The van der Waals surface area contributed by atoms with Gasteiger partial charge in [-0.3, -0.25) is 14.4 Å². The first-order chi connectivity index (χ1) is 16.2. The Morgan fingerprint density at radius 2 is 1.94 bits per heavy atom. The molecule has 0 radical (unpaired) electrons. The van der Waals surface area contributed by atoms with Gasteiger partial charge in [-0.05, 0) is 36.9 Å². The molecule has 0 saturated heterocycles. The summed E-state index contributed by atoms with van der Waals surface area (Å²) in [6, 6.07) is 8.37. The number of halogens is 1. The Balaban J connectivity index is 1.56. The van der Waals surface area contributed by atoms with Crippen LogP contribution in [0.5, 0.6) is 0 Å². The zero-order valence-electron chi connectivity index (χ0n) is 19.0. The largest absolute Gasteiger partial charge is 0.347 e. The average molecular weight is 518 g/mol. The van der Waals surface area contributed by atoms with E-state index in [0.29, 0.717) is 31.0 Å². The standard InChI is InChI=1S/C23H24ClN5O3S2/c1-28(2)23(32)13-4-5-14(11-25-20(30)17-6-7-19(24)33-17)16(10-13)26-21(31)22-27-15-8-9-29(3)12-18(15)34-22/h4-7,10H,8-9,11-12H2,1-3H3,(H,25,30)(H,26,31). The summed E-state index contributed by atoms with van der Waals surface area (Å²) in [6.45, 7) is 1.85. The first-order valence-electron chi connectivity index (χ1n) is 10.6. The number of aromatic nitrogens is 1. The third kappa shape index (κ3) is 5.47. The van der Waals surface area contributed by atoms with Gasteiger partial charge in [-0.25, -0.2) is 4.98 Å². The second-order valence-electron chi connectivity index (χ2n) is 8.19. The maximum absolute atomic E-state index is 13.1. The highest BCUT2D eigenvalue weighted by Crippen LogP contribution is 2.27. The molecule has 11 heteroatoms. The Morgan fingerprint density at radius 1 is 1.15 bits per heavy atom. The van der Waals surface area contributed by atoms with E-state index in [2.05, 4.69) is 20.5 Å². The Morgan fingerprint density at radius 3 is 2.65 bits per heavy atom. The van der Waals surface area contributed by atoms with Crippen LogP contribution in [-0.2, 0) is 19.5 Å². The van der Waals surface area contributed by atoms with E-state index in [1.807, 2.05) is 7.05 Å². The predicted molar refractivity (Wildman–Crippen MR) is 135 cm³/mol. The van der Waals surface area contributed by atoms with E-state index >= 15 is 0 Å². The molecule has 0 spiro atoms. The fourth-order valence-corrected chi connectivity index (χ4v) is 5.58. The molecule has 8 nitrogen and oxygen atoms in total. The lowest BCUT2D eigenvalue weighted by atomic mass is 10.1. The van der Waals surface area contributed by atoms with Crippen LogP contribution in [0.1, 0.15) is 46.0 Å². The number of benzene rings is 1. The van der Waals surface area contributed by atoms with Gasteiger partial charge < -0.3 is 20.4 Å². The van der Waals surface area contributed by atoms with Crippen LogP contribution in [-0.4, -0.2) is 60.2 Å². The van der Waals surface area contributed by atoms with Gasteiger partial charge in [0, 0.05) is 56.3 Å². The van der Waals surface area contributed by atoms with E-state index in [1.165, 1.54) is 27.6 Å². The second-order valence-corrected chi connectivity index (χ2v) is 11.0. The van der Waals surface area contributed by atoms with Crippen LogP contribution in [0.25, 0.3) is 0 Å². The maximum atomic E-state index is 13.1. The summed E-state index contributed by atoms with van der Waals surface area (Å²) < 4.78 is 0.530. The highest BCUT2D eigenvalue weighted by Gasteiger charge is 2.22. The van der Waals surface area contributed by atoms with Crippen molar-refractivity contribution in [1.82, 2.24) is 20.1 Å². The van der Waals surface area contributed by atoms with Gasteiger partial charge in [-0.15, -0.1) is 22.7 Å². The van der Waals surface area contributed by atoms with Crippen molar-refractivity contribution in [3.63, 3.8) is 0 Å². The van der Waals surface area contributed by atoms with Crippen LogP contribution < -0.4 is 10.6 Å². The van der Waals surface area contributed by atoms with Crippen molar-refractivity contribution in [2.45, 2.75) is 19.5 Å². The predicted octanol–water partition coefficient (Wildman–Crippen LogP) is 3.73. The highest BCUT2D eigenvalue weighted by molar-refractivity contribution is 7.18. The maximum Gasteiger partial charge on any atom is 0.284 e. The molecule has 1 aliphatic rings. The quantitative estimate of drug-likeness (QED) is 0.519. The molecule has 2 aromatic heterocycles. The lowest BCUT2D eigenvalue weighted by Gasteiger charge is -2.20. The van der Waals surface area contributed by atoms with E-state index in [4.69, 9.17) is 11.6 Å². The summed E-state index contributed by atoms with van der Waals surface area (Å²) in [5.74, 6) is -0.791. The van der Waals surface area contributed by atoms with Crippen molar-refractivity contribution >= 4 is 57.7 Å². The number of fused-ring (bicyclic) bond motifs is 1. The molecule has 3 amide bonds. The number of rotatable bonds is 6. The smallest absolute Gasteiger partial charge is 0.284 e. The van der Waals surface area contributed by atoms with Gasteiger partial charge in [-0.1, -0.05) is 17.7 Å². The summed E-state index contributed by atoms with van der Waals surface area (Å²) >= 11 is 8.50. The minimum atomic E-state index is -0.339. The number of hydrogen-bond acceptors (Lipinski definition) is 7. The molecule has 0 atom stereocenters. The number of thiazole rings is 1. The van der Waals surface area contributed by atoms with Crippen LogP contribution in [0.15, 0.2) is 30.3 Å². The van der Waals surface area contributed by atoms with Crippen molar-refractivity contribution < 1.29 is 14.4 Å². The first-order valence-corrected chi connectivity index (χ1v) is 12.6. The molecule has 0 unspecified atom stereocenters. The third-order valence-corrected chi connectivity index (χ3v) is 7.68. The summed E-state index contributed by atoms with van der Waals surface area (Å²) in [5, 5.41) is 6.13. The molecule has 0 saturated carbocycles. The van der Waals surface area contributed by atoms with E-state index < -0.39 is 0 Å². The monoisotopic (exact) mass is 517 g/mol. The molecule has 0 bridgehead atoms. The second kappa shape index (κ2) is 10.2. The zero-order valence-corrected chi connectivity index (χ0v) is 21.4. The van der Waals surface area contributed by atoms with Gasteiger partial charge >= 0.3 is 0 Å². The van der Waals surface area contributed by atoms with Gasteiger partial charge in [0.2, 0.25) is 0 Å². The fraction of sp³-hybridized carbons (Fsp3) is 0.304. The van der Waals surface area contributed by atoms with Crippen LogP contribution in [0, 0.1) is 0 Å². The number of nitrogens with zero attached hydrogens (tertiary/aromatic N) is 3. The van der Waals surface area contributed by atoms with Crippen LogP contribution in [0.3, 0.4) is 0 Å². The Hall–Kier alpha value is -2.79. The van der Waals surface area contributed by atoms with Crippen molar-refractivity contribution in [2.24, 2.45) is 0 Å². The lowest BCUT2D eigenvalue weighted by Crippen LogP contribution is -2.25. The Bertz CT molecular complexity index is 1250. The molecule has 34 heavy (non-hydrogen) atoms. The average Bonchev–Trinajstić information content (AvgIpc) is 3.43. The molecule has 1 aromatic carbocycles. The van der Waals surface area contributed by atoms with Crippen LogP contribution in [0.2, 0.25) is 4.34 Å². The summed E-state index contributed by atoms with van der Waals surface area (Å²) in [7, 11) is 5.37. The lowest BCUT2D eigenvalue weighted by molar-refractivity contribution is 0.0826. The van der Waals surface area contributed by atoms with Gasteiger partial charge in [-0.2, -0.15) is 0 Å². The number of anilines is 1. The van der Waals surface area contributed by atoms with Gasteiger partial charge in [0.05, 0.1) is 14.9 Å². The molecule has 3 heterocycles. The fourth-order valence-electron chi connectivity index (χ4n) is 3.53. The molecule has 3 aromatic rings. The molecule has 0 aliphatic carbocycles. The first kappa shape index (κ1) is 24.3. The van der Waals surface area contributed by atoms with E-state index in [-0.39, 0.29) is 24.3 Å². The van der Waals surface area contributed by atoms with E-state index in [1.54, 1.807) is 44.4 Å². The number of nitrogens with one attached hydrogen (secondary N) is 2. The van der Waals surface area contributed by atoms with Crippen molar-refractivity contribution in [2.75, 3.05) is 33.0 Å². The van der Waals surface area contributed by atoms with Gasteiger partial charge in [0.25, 0.3) is 17.7 Å². The number of hydrogen-bond donors (Lipinski definition) is 2. The number of thiophene rings is 1. The van der Waals surface area contributed by atoms with Crippen LogP contribution in [0.4, 0.5) is 5.69 Å². The molecule has 178 valence electrons. The normalized spacial score (nSPS) is 13.3. The number of carbonyl (C=O) groups is 3. The summed E-state index contributed by atoms with van der Waals surface area (Å²) in [4.78, 5) is 47.8. The van der Waals surface area contributed by atoms with E-state index in [9.17, 15) is 14.4 Å². The van der Waals surface area contributed by atoms with Crippen molar-refractivity contribution in [3.05, 3.63) is 66.3 Å². The Labute approximate surface area is 210 Å². The summed E-state index contributed by atoms with van der Waals surface area (Å²) in [5.41, 5.74) is 2.51. The zero-order chi connectivity index (χ0) is 24.4. The SMILES string of the molecule is CN1CCc2nc(C(=O)Nc3cc(C(=O)N(C)C)ccc3CNC(=O)c3ccc(Cl)s3)sc2C1. The Kier molecular flexibility index (Phi) is 7.32. The molecule has 1 aliphatic heterocycles. The van der Waals surface area contributed by atoms with Gasteiger partial charge in [0.15, 0.2) is 5.01 Å². The molecule has 4 rings (SSSR count). The summed E-state index contributed by atoms with van der Waals surface area (Å²) in [6.07, 6.45) is 0.812. The highest BCUT2D eigenvalue weighted by atomic mass is 35.5. The molecular weight excluding hydrogens is 494 g/mol.